The number of carbonyl (C=O) groups is 1. The van der Waals surface area contributed by atoms with Crippen molar-refractivity contribution >= 4 is 5.91 Å². The molecule has 30 heavy (non-hydrogen) atoms. The summed E-state index contributed by atoms with van der Waals surface area (Å²) in [7, 11) is 3.49. The minimum atomic E-state index is -0.713. The quantitative estimate of drug-likeness (QED) is 0.699. The van der Waals surface area contributed by atoms with Gasteiger partial charge in [0.25, 0.3) is 0 Å². The molecular weight excluding hydrogens is 383 g/mol. The van der Waals surface area contributed by atoms with Gasteiger partial charge in [-0.15, -0.1) is 0 Å². The molecule has 160 valence electrons. The van der Waals surface area contributed by atoms with Gasteiger partial charge < -0.3 is 14.4 Å². The summed E-state index contributed by atoms with van der Waals surface area (Å²) in [5.74, 6) is 0.511. The van der Waals surface area contributed by atoms with Gasteiger partial charge in [0.2, 0.25) is 5.91 Å². The van der Waals surface area contributed by atoms with Crippen molar-refractivity contribution < 1.29 is 18.7 Å². The molecule has 2 aromatic carbocycles. The molecule has 2 aromatic rings. The van der Waals surface area contributed by atoms with Crippen LogP contribution in [0.25, 0.3) is 0 Å². The second-order valence-electron chi connectivity index (χ2n) is 8.18. The fourth-order valence-electron chi connectivity index (χ4n) is 4.43. The number of benzene rings is 2. The summed E-state index contributed by atoms with van der Waals surface area (Å²) in [5, 5.41) is 0. The minimum Gasteiger partial charge on any atom is -0.497 e. The average Bonchev–Trinajstić information content (AvgIpc) is 3.59. The molecule has 5 nitrogen and oxygen atoms in total. The fourth-order valence-corrected chi connectivity index (χ4v) is 4.43. The highest BCUT2D eigenvalue weighted by Crippen LogP contribution is 2.50. The van der Waals surface area contributed by atoms with Crippen molar-refractivity contribution in [3.8, 4) is 5.75 Å². The molecule has 4 rings (SSSR count). The highest BCUT2D eigenvalue weighted by Gasteiger charge is 2.54. The predicted molar refractivity (Wildman–Crippen MR) is 113 cm³/mol. The van der Waals surface area contributed by atoms with Gasteiger partial charge in [0.15, 0.2) is 0 Å². The molecule has 1 heterocycles. The van der Waals surface area contributed by atoms with E-state index in [0.29, 0.717) is 38.2 Å². The second-order valence-corrected chi connectivity index (χ2v) is 8.18. The zero-order valence-corrected chi connectivity index (χ0v) is 17.6. The monoisotopic (exact) mass is 412 g/mol. The average molecular weight is 413 g/mol. The molecule has 1 saturated carbocycles. The molecule has 0 unspecified atom stereocenters. The number of ether oxygens (including phenoxy) is 2. The van der Waals surface area contributed by atoms with Crippen molar-refractivity contribution in [1.29, 1.82) is 0 Å². The summed E-state index contributed by atoms with van der Waals surface area (Å²) in [6.45, 7) is 3.54. The van der Waals surface area contributed by atoms with Crippen molar-refractivity contribution in [1.82, 2.24) is 9.80 Å². The maximum absolute atomic E-state index is 14.4. The Morgan fingerprint density at radius 3 is 2.43 bits per heavy atom. The molecule has 1 aliphatic carbocycles. The van der Waals surface area contributed by atoms with Crippen LogP contribution in [-0.4, -0.2) is 62.7 Å². The van der Waals surface area contributed by atoms with E-state index in [1.807, 2.05) is 19.2 Å². The molecule has 2 fully saturated rings. The maximum Gasteiger partial charge on any atom is 0.233 e. The number of rotatable bonds is 7. The van der Waals surface area contributed by atoms with Gasteiger partial charge in [-0.05, 0) is 36.6 Å². The van der Waals surface area contributed by atoms with E-state index in [4.69, 9.17) is 9.47 Å². The molecule has 0 N–H and O–H groups in total. The largest absolute Gasteiger partial charge is 0.497 e. The summed E-state index contributed by atoms with van der Waals surface area (Å²) in [6, 6.07) is 14.7. The standard InChI is InChI=1S/C24H29FN2O3/c1-26(23(28)24(11-12-24)20-5-3-4-6-21(20)25)17-22(27-13-15-30-16-14-27)18-7-9-19(29-2)10-8-18/h3-10,22H,11-17H2,1-2H3/t22-/m1/s1. The molecule has 1 saturated heterocycles. The predicted octanol–water partition coefficient (Wildman–Crippen LogP) is 3.40. The minimum absolute atomic E-state index is 0.000582. The van der Waals surface area contributed by atoms with Crippen LogP contribution in [0.5, 0.6) is 5.75 Å². The first-order valence-corrected chi connectivity index (χ1v) is 10.5. The summed E-state index contributed by atoms with van der Waals surface area (Å²) < 4.78 is 25.3. The van der Waals surface area contributed by atoms with E-state index in [0.717, 1.165) is 24.4 Å². The van der Waals surface area contributed by atoms with Crippen LogP contribution in [-0.2, 0) is 14.9 Å². The van der Waals surface area contributed by atoms with Crippen LogP contribution < -0.4 is 4.74 Å². The number of nitrogens with zero attached hydrogens (tertiary/aromatic N) is 2. The first-order valence-electron chi connectivity index (χ1n) is 10.5. The SMILES string of the molecule is COc1ccc([C@@H](CN(C)C(=O)C2(c3ccccc3F)CC2)N2CCOCC2)cc1. The van der Waals surface area contributed by atoms with Gasteiger partial charge in [0.05, 0.1) is 31.8 Å². The van der Waals surface area contributed by atoms with Crippen molar-refractivity contribution in [2.45, 2.75) is 24.3 Å². The third kappa shape index (κ3) is 4.07. The summed E-state index contributed by atoms with van der Waals surface area (Å²) in [5.41, 5.74) is 0.942. The van der Waals surface area contributed by atoms with Gasteiger partial charge in [-0.1, -0.05) is 30.3 Å². The Bertz CT molecular complexity index is 876. The van der Waals surface area contributed by atoms with E-state index >= 15 is 0 Å². The lowest BCUT2D eigenvalue weighted by molar-refractivity contribution is -0.133. The van der Waals surface area contributed by atoms with E-state index in [1.54, 1.807) is 30.2 Å². The van der Waals surface area contributed by atoms with Crippen LogP contribution in [0.3, 0.4) is 0 Å². The third-order valence-electron chi connectivity index (χ3n) is 6.33. The molecule has 0 aromatic heterocycles. The van der Waals surface area contributed by atoms with Crippen LogP contribution in [0, 0.1) is 5.82 Å². The fraction of sp³-hybridized carbons (Fsp3) is 0.458. The number of amides is 1. The zero-order valence-electron chi connectivity index (χ0n) is 17.6. The topological polar surface area (TPSA) is 42.0 Å². The first kappa shape index (κ1) is 20.8. The lowest BCUT2D eigenvalue weighted by Gasteiger charge is -2.37. The molecule has 2 aliphatic rings. The summed E-state index contributed by atoms with van der Waals surface area (Å²) in [6.07, 6.45) is 1.39. The Balaban J connectivity index is 1.56. The smallest absolute Gasteiger partial charge is 0.233 e. The number of methoxy groups -OCH3 is 1. The van der Waals surface area contributed by atoms with Gasteiger partial charge in [0.1, 0.15) is 11.6 Å². The van der Waals surface area contributed by atoms with E-state index < -0.39 is 5.41 Å². The molecule has 0 bridgehead atoms. The number of morpholine rings is 1. The van der Waals surface area contributed by atoms with Gasteiger partial charge in [-0.2, -0.15) is 0 Å². The van der Waals surface area contributed by atoms with Gasteiger partial charge >= 0.3 is 0 Å². The second kappa shape index (κ2) is 8.74. The first-order chi connectivity index (χ1) is 14.5. The summed E-state index contributed by atoms with van der Waals surface area (Å²) >= 11 is 0. The van der Waals surface area contributed by atoms with E-state index in [-0.39, 0.29) is 17.8 Å². The number of hydrogen-bond acceptors (Lipinski definition) is 4. The van der Waals surface area contributed by atoms with Gasteiger partial charge in [-0.25, -0.2) is 4.39 Å². The Hall–Kier alpha value is -2.44. The number of halogens is 1. The maximum atomic E-state index is 14.4. The molecule has 6 heteroatoms. The zero-order chi connectivity index (χ0) is 21.1. The van der Waals surface area contributed by atoms with E-state index in [1.165, 1.54) is 6.07 Å². The Kier molecular flexibility index (Phi) is 6.06. The van der Waals surface area contributed by atoms with E-state index in [2.05, 4.69) is 17.0 Å². The number of carbonyl (C=O) groups excluding carboxylic acids is 1. The number of likely N-dealkylation sites (N-methyl/N-ethyl adjacent to an activating group) is 1. The van der Waals surface area contributed by atoms with Crippen LogP contribution in [0.1, 0.15) is 30.0 Å². The Labute approximate surface area is 177 Å². The van der Waals surface area contributed by atoms with Crippen molar-refractivity contribution in [3.05, 3.63) is 65.5 Å². The summed E-state index contributed by atoms with van der Waals surface area (Å²) in [4.78, 5) is 17.6. The molecule has 0 radical (unpaired) electrons. The van der Waals surface area contributed by atoms with Crippen molar-refractivity contribution in [2.24, 2.45) is 0 Å². The highest BCUT2D eigenvalue weighted by atomic mass is 19.1. The normalized spacial score (nSPS) is 19.2. The van der Waals surface area contributed by atoms with Crippen molar-refractivity contribution in [2.75, 3.05) is 47.0 Å². The Morgan fingerprint density at radius 2 is 1.83 bits per heavy atom. The van der Waals surface area contributed by atoms with Gasteiger partial charge in [-0.3, -0.25) is 9.69 Å². The van der Waals surface area contributed by atoms with Crippen LogP contribution in [0.2, 0.25) is 0 Å². The third-order valence-corrected chi connectivity index (χ3v) is 6.33. The van der Waals surface area contributed by atoms with E-state index in [9.17, 15) is 9.18 Å². The molecule has 1 aliphatic heterocycles. The van der Waals surface area contributed by atoms with Crippen LogP contribution in [0.15, 0.2) is 48.5 Å². The lowest BCUT2D eigenvalue weighted by Crippen LogP contribution is -2.46. The molecular formula is C24H29FN2O3. The lowest BCUT2D eigenvalue weighted by atomic mass is 9.93. The molecule has 1 amide bonds. The highest BCUT2D eigenvalue weighted by molar-refractivity contribution is 5.91. The van der Waals surface area contributed by atoms with Crippen LogP contribution >= 0.6 is 0 Å². The Morgan fingerprint density at radius 1 is 1.17 bits per heavy atom. The molecule has 1 atom stereocenters. The van der Waals surface area contributed by atoms with Crippen molar-refractivity contribution in [3.63, 3.8) is 0 Å². The van der Waals surface area contributed by atoms with Gasteiger partial charge in [0, 0.05) is 32.2 Å². The molecule has 0 spiro atoms. The van der Waals surface area contributed by atoms with Crippen LogP contribution in [0.4, 0.5) is 4.39 Å². The number of hydrogen-bond donors (Lipinski definition) is 0.